The number of hydrogen-bond acceptors (Lipinski definition) is 4. The first-order valence-electron chi connectivity index (χ1n) is 6.92. The van der Waals surface area contributed by atoms with Crippen molar-refractivity contribution in [2.24, 2.45) is 11.7 Å². The first-order chi connectivity index (χ1) is 9.19. The predicted molar refractivity (Wildman–Crippen MR) is 86.2 cm³/mol. The van der Waals surface area contributed by atoms with Gasteiger partial charge in [0.15, 0.2) is 0 Å². The third kappa shape index (κ3) is 5.05. The Balaban J connectivity index is 0.00000200. The van der Waals surface area contributed by atoms with Crippen molar-refractivity contribution in [1.29, 1.82) is 0 Å². The number of thiophene rings is 1. The van der Waals surface area contributed by atoms with Gasteiger partial charge < -0.3 is 11.1 Å². The second kappa shape index (κ2) is 8.62. The highest BCUT2D eigenvalue weighted by Crippen LogP contribution is 2.21. The van der Waals surface area contributed by atoms with Crippen LogP contribution in [-0.2, 0) is 11.3 Å². The Morgan fingerprint density at radius 2 is 2.40 bits per heavy atom. The molecule has 2 rings (SSSR count). The Hall–Kier alpha value is -0.620. The Labute approximate surface area is 131 Å². The molecule has 1 aliphatic rings. The molecule has 1 aliphatic heterocycles. The fourth-order valence-corrected chi connectivity index (χ4v) is 3.24. The monoisotopic (exact) mass is 317 g/mol. The van der Waals surface area contributed by atoms with Crippen molar-refractivity contribution in [2.75, 3.05) is 19.6 Å². The van der Waals surface area contributed by atoms with E-state index in [4.69, 9.17) is 5.73 Å². The third-order valence-corrected chi connectivity index (χ3v) is 4.64. The molecule has 0 spiro atoms. The second-order valence-corrected chi connectivity index (χ2v) is 6.38. The molecule has 6 heteroatoms. The van der Waals surface area contributed by atoms with Gasteiger partial charge in [-0.1, -0.05) is 13.0 Å². The Bertz CT molecular complexity index is 399. The summed E-state index contributed by atoms with van der Waals surface area (Å²) in [7, 11) is 0. The molecule has 3 N–H and O–H groups in total. The van der Waals surface area contributed by atoms with Gasteiger partial charge in [-0.25, -0.2) is 0 Å². The second-order valence-electron chi connectivity index (χ2n) is 5.35. The molecule has 1 fully saturated rings. The average molecular weight is 318 g/mol. The van der Waals surface area contributed by atoms with E-state index in [0.717, 1.165) is 25.3 Å². The van der Waals surface area contributed by atoms with Gasteiger partial charge in [0, 0.05) is 17.5 Å². The summed E-state index contributed by atoms with van der Waals surface area (Å²) < 4.78 is 0. The molecule has 1 saturated heterocycles. The van der Waals surface area contributed by atoms with E-state index in [0.29, 0.717) is 25.7 Å². The zero-order valence-corrected chi connectivity index (χ0v) is 13.5. The maximum Gasteiger partial charge on any atom is 0.234 e. The standard InChI is InChI=1S/C14H23N3OS.ClH/c1-11-4-5-17(12(7-11)8-15)10-14(18)16-9-13-3-2-6-19-13;/h2-3,6,11-12H,4-5,7-10,15H2,1H3,(H,16,18);1H. The van der Waals surface area contributed by atoms with Crippen molar-refractivity contribution in [3.05, 3.63) is 22.4 Å². The van der Waals surface area contributed by atoms with Gasteiger partial charge in [-0.2, -0.15) is 0 Å². The lowest BCUT2D eigenvalue weighted by molar-refractivity contribution is -0.123. The molecular weight excluding hydrogens is 294 g/mol. The highest BCUT2D eigenvalue weighted by atomic mass is 35.5. The minimum absolute atomic E-state index is 0. The van der Waals surface area contributed by atoms with E-state index >= 15 is 0 Å². The average Bonchev–Trinajstić information content (AvgIpc) is 2.91. The van der Waals surface area contributed by atoms with Crippen molar-refractivity contribution in [1.82, 2.24) is 10.2 Å². The molecular formula is C14H24ClN3OS. The summed E-state index contributed by atoms with van der Waals surface area (Å²) in [4.78, 5) is 15.4. The number of nitrogens with two attached hydrogens (primary N) is 1. The van der Waals surface area contributed by atoms with E-state index in [-0.39, 0.29) is 18.3 Å². The zero-order chi connectivity index (χ0) is 13.7. The number of nitrogens with zero attached hydrogens (tertiary/aromatic N) is 1. The van der Waals surface area contributed by atoms with Crippen LogP contribution in [0.5, 0.6) is 0 Å². The van der Waals surface area contributed by atoms with E-state index in [2.05, 4.69) is 17.1 Å². The first-order valence-corrected chi connectivity index (χ1v) is 7.80. The minimum atomic E-state index is 0. The molecule has 2 atom stereocenters. The molecule has 0 aliphatic carbocycles. The van der Waals surface area contributed by atoms with Crippen LogP contribution in [0.3, 0.4) is 0 Å². The number of likely N-dealkylation sites (tertiary alicyclic amines) is 1. The van der Waals surface area contributed by atoms with Crippen LogP contribution in [0.4, 0.5) is 0 Å². The lowest BCUT2D eigenvalue weighted by Gasteiger charge is -2.37. The van der Waals surface area contributed by atoms with Gasteiger partial charge in [-0.15, -0.1) is 23.7 Å². The van der Waals surface area contributed by atoms with Gasteiger partial charge in [0.1, 0.15) is 0 Å². The van der Waals surface area contributed by atoms with Crippen molar-refractivity contribution < 1.29 is 4.79 Å². The number of piperidine rings is 1. The smallest absolute Gasteiger partial charge is 0.234 e. The van der Waals surface area contributed by atoms with Crippen LogP contribution in [0.15, 0.2) is 17.5 Å². The molecule has 1 aromatic heterocycles. The number of amides is 1. The van der Waals surface area contributed by atoms with E-state index < -0.39 is 0 Å². The highest BCUT2D eigenvalue weighted by molar-refractivity contribution is 7.09. The molecule has 1 amide bonds. The summed E-state index contributed by atoms with van der Waals surface area (Å²) in [5.41, 5.74) is 5.81. The van der Waals surface area contributed by atoms with Gasteiger partial charge >= 0.3 is 0 Å². The summed E-state index contributed by atoms with van der Waals surface area (Å²) >= 11 is 1.67. The number of carbonyl (C=O) groups excluding carboxylic acids is 1. The van der Waals surface area contributed by atoms with E-state index in [1.54, 1.807) is 11.3 Å². The fraction of sp³-hybridized carbons (Fsp3) is 0.643. The molecule has 0 radical (unpaired) electrons. The molecule has 2 heterocycles. The van der Waals surface area contributed by atoms with Crippen LogP contribution in [0.2, 0.25) is 0 Å². The van der Waals surface area contributed by atoms with Crippen LogP contribution in [0.25, 0.3) is 0 Å². The molecule has 2 unspecified atom stereocenters. The van der Waals surface area contributed by atoms with Gasteiger partial charge in [0.2, 0.25) is 5.91 Å². The molecule has 0 saturated carbocycles. The minimum Gasteiger partial charge on any atom is -0.350 e. The summed E-state index contributed by atoms with van der Waals surface area (Å²) in [6.45, 7) is 4.99. The van der Waals surface area contributed by atoms with Crippen molar-refractivity contribution in [3.8, 4) is 0 Å². The lowest BCUT2D eigenvalue weighted by Crippen LogP contribution is -2.50. The van der Waals surface area contributed by atoms with Crippen molar-refractivity contribution in [3.63, 3.8) is 0 Å². The maximum atomic E-state index is 12.0. The topological polar surface area (TPSA) is 58.4 Å². The van der Waals surface area contributed by atoms with Gasteiger partial charge in [0.05, 0.1) is 13.1 Å². The molecule has 114 valence electrons. The largest absolute Gasteiger partial charge is 0.350 e. The quantitative estimate of drug-likeness (QED) is 0.871. The Morgan fingerprint density at radius 1 is 1.60 bits per heavy atom. The number of halogens is 1. The molecule has 0 bridgehead atoms. The summed E-state index contributed by atoms with van der Waals surface area (Å²) in [6, 6.07) is 4.40. The van der Waals surface area contributed by atoms with Crippen LogP contribution in [0, 0.1) is 5.92 Å². The van der Waals surface area contributed by atoms with E-state index in [9.17, 15) is 4.79 Å². The highest BCUT2D eigenvalue weighted by Gasteiger charge is 2.26. The van der Waals surface area contributed by atoms with Gasteiger partial charge in [-0.05, 0) is 36.8 Å². The maximum absolute atomic E-state index is 12.0. The van der Waals surface area contributed by atoms with Crippen molar-refractivity contribution in [2.45, 2.75) is 32.4 Å². The molecule has 0 aromatic carbocycles. The number of hydrogen-bond donors (Lipinski definition) is 2. The van der Waals surface area contributed by atoms with Crippen LogP contribution >= 0.6 is 23.7 Å². The molecule has 1 aromatic rings. The molecule has 4 nitrogen and oxygen atoms in total. The predicted octanol–water partition coefficient (Wildman–Crippen LogP) is 1.85. The van der Waals surface area contributed by atoms with Gasteiger partial charge in [-0.3, -0.25) is 9.69 Å². The normalized spacial score (nSPS) is 23.1. The van der Waals surface area contributed by atoms with E-state index in [1.165, 1.54) is 4.88 Å². The molecule has 20 heavy (non-hydrogen) atoms. The number of carbonyl (C=O) groups is 1. The number of nitrogens with one attached hydrogen (secondary N) is 1. The van der Waals surface area contributed by atoms with E-state index in [1.807, 2.05) is 17.5 Å². The zero-order valence-electron chi connectivity index (χ0n) is 11.9. The fourth-order valence-electron chi connectivity index (χ4n) is 2.59. The summed E-state index contributed by atoms with van der Waals surface area (Å²) in [5.74, 6) is 0.820. The SMILES string of the molecule is CC1CCN(CC(=O)NCc2cccs2)C(CN)C1.Cl. The van der Waals surface area contributed by atoms with Crippen LogP contribution in [-0.4, -0.2) is 36.5 Å². The third-order valence-electron chi connectivity index (χ3n) is 3.76. The lowest BCUT2D eigenvalue weighted by atomic mass is 9.92. The Morgan fingerprint density at radius 3 is 3.05 bits per heavy atom. The summed E-state index contributed by atoms with van der Waals surface area (Å²) in [6.07, 6.45) is 2.27. The van der Waals surface area contributed by atoms with Crippen LogP contribution in [0.1, 0.15) is 24.6 Å². The van der Waals surface area contributed by atoms with Crippen LogP contribution < -0.4 is 11.1 Å². The number of rotatable bonds is 5. The first kappa shape index (κ1) is 17.4. The summed E-state index contributed by atoms with van der Waals surface area (Å²) in [5, 5.41) is 5.00. The van der Waals surface area contributed by atoms with Crippen molar-refractivity contribution >= 4 is 29.7 Å². The van der Waals surface area contributed by atoms with Gasteiger partial charge in [0.25, 0.3) is 0 Å². The Kier molecular flexibility index (Phi) is 7.51.